The van der Waals surface area contributed by atoms with Crippen molar-refractivity contribution in [2.24, 2.45) is 5.84 Å². The second-order valence-corrected chi connectivity index (χ2v) is 5.25. The maximum Gasteiger partial charge on any atom is 0.294 e. The Labute approximate surface area is 120 Å². The molecule has 0 aliphatic rings. The number of hydrogen-bond acceptors (Lipinski definition) is 5. The number of nitrogens with zero attached hydrogens (tertiary/aromatic N) is 1. The standard InChI is InChI=1S/C11H9BrFN3O2S/c12-6-1-2-9(8(13)3-6)18-4-7-5-19-11(15-7)10(17)16-14/h1-3,5H,4,14H2,(H,16,17). The molecule has 2 aromatic rings. The molecule has 0 radical (unpaired) electrons. The quantitative estimate of drug-likeness (QED) is 0.506. The number of carbonyl (C=O) groups excluding carboxylic acids is 1. The number of benzene rings is 1. The van der Waals surface area contributed by atoms with Gasteiger partial charge in [-0.1, -0.05) is 15.9 Å². The second kappa shape index (κ2) is 6.09. The third-order valence-electron chi connectivity index (χ3n) is 2.15. The molecule has 0 saturated heterocycles. The van der Waals surface area contributed by atoms with Crippen molar-refractivity contribution in [1.82, 2.24) is 10.4 Å². The molecule has 0 bridgehead atoms. The lowest BCUT2D eigenvalue weighted by Gasteiger charge is -2.05. The number of nitrogen functional groups attached to an aromatic ring is 1. The Balaban J connectivity index is 2.02. The third kappa shape index (κ3) is 3.49. The van der Waals surface area contributed by atoms with Gasteiger partial charge in [-0.25, -0.2) is 15.2 Å². The van der Waals surface area contributed by atoms with Crippen molar-refractivity contribution < 1.29 is 13.9 Å². The highest BCUT2D eigenvalue weighted by atomic mass is 79.9. The van der Waals surface area contributed by atoms with Gasteiger partial charge in [0.25, 0.3) is 5.91 Å². The van der Waals surface area contributed by atoms with Crippen LogP contribution in [0.3, 0.4) is 0 Å². The predicted molar refractivity (Wildman–Crippen MR) is 72.2 cm³/mol. The van der Waals surface area contributed by atoms with Gasteiger partial charge in [-0.05, 0) is 18.2 Å². The number of nitrogens with two attached hydrogens (primary N) is 1. The number of amides is 1. The molecule has 100 valence electrons. The van der Waals surface area contributed by atoms with Crippen molar-refractivity contribution in [3.05, 3.63) is 44.6 Å². The van der Waals surface area contributed by atoms with E-state index in [1.54, 1.807) is 11.4 Å². The first-order valence-electron chi connectivity index (χ1n) is 5.13. The Bertz CT molecular complexity index is 605. The van der Waals surface area contributed by atoms with E-state index in [9.17, 15) is 9.18 Å². The molecule has 0 aliphatic carbocycles. The summed E-state index contributed by atoms with van der Waals surface area (Å²) in [4.78, 5) is 15.2. The van der Waals surface area contributed by atoms with Crippen LogP contribution in [0, 0.1) is 5.82 Å². The normalized spacial score (nSPS) is 10.3. The van der Waals surface area contributed by atoms with Crippen LogP contribution < -0.4 is 16.0 Å². The van der Waals surface area contributed by atoms with Crippen LogP contribution >= 0.6 is 27.3 Å². The molecule has 3 N–H and O–H groups in total. The summed E-state index contributed by atoms with van der Waals surface area (Å²) in [5.41, 5.74) is 2.52. The largest absolute Gasteiger partial charge is 0.484 e. The first-order chi connectivity index (χ1) is 9.10. The van der Waals surface area contributed by atoms with Gasteiger partial charge in [-0.2, -0.15) is 0 Å². The van der Waals surface area contributed by atoms with E-state index in [0.717, 1.165) is 11.3 Å². The minimum Gasteiger partial charge on any atom is -0.484 e. The molecule has 1 aromatic carbocycles. The number of hydrogen-bond donors (Lipinski definition) is 2. The molecule has 0 fully saturated rings. The van der Waals surface area contributed by atoms with Crippen LogP contribution in [-0.2, 0) is 6.61 Å². The molecular weight excluding hydrogens is 337 g/mol. The first-order valence-corrected chi connectivity index (χ1v) is 6.80. The maximum atomic E-state index is 13.5. The van der Waals surface area contributed by atoms with Gasteiger partial charge >= 0.3 is 0 Å². The van der Waals surface area contributed by atoms with E-state index >= 15 is 0 Å². The molecule has 0 saturated carbocycles. The minimum atomic E-state index is -0.468. The lowest BCUT2D eigenvalue weighted by molar-refractivity contribution is 0.0953. The maximum absolute atomic E-state index is 13.5. The highest BCUT2D eigenvalue weighted by Gasteiger charge is 2.10. The lowest BCUT2D eigenvalue weighted by Crippen LogP contribution is -2.29. The van der Waals surface area contributed by atoms with E-state index in [1.165, 1.54) is 12.1 Å². The average molecular weight is 346 g/mol. The van der Waals surface area contributed by atoms with E-state index in [2.05, 4.69) is 20.9 Å². The number of halogens is 2. The zero-order valence-electron chi connectivity index (χ0n) is 9.52. The van der Waals surface area contributed by atoms with Crippen LogP contribution in [0.1, 0.15) is 15.5 Å². The van der Waals surface area contributed by atoms with Gasteiger partial charge in [0, 0.05) is 9.85 Å². The van der Waals surface area contributed by atoms with Crippen LogP contribution in [0.15, 0.2) is 28.1 Å². The number of nitrogens with one attached hydrogen (secondary N) is 1. The zero-order chi connectivity index (χ0) is 13.8. The summed E-state index contributed by atoms with van der Waals surface area (Å²) < 4.78 is 19.4. The topological polar surface area (TPSA) is 77.2 Å². The Hall–Kier alpha value is -1.51. The molecule has 2 rings (SSSR count). The summed E-state index contributed by atoms with van der Waals surface area (Å²) in [5.74, 6) is 4.19. The summed E-state index contributed by atoms with van der Waals surface area (Å²) in [6, 6.07) is 4.50. The average Bonchev–Trinajstić information content (AvgIpc) is 2.85. The lowest BCUT2D eigenvalue weighted by atomic mass is 10.3. The summed E-state index contributed by atoms with van der Waals surface area (Å²) in [6.45, 7) is 0.0763. The number of aromatic nitrogens is 1. The molecule has 1 aromatic heterocycles. The fourth-order valence-electron chi connectivity index (χ4n) is 1.28. The molecule has 0 aliphatic heterocycles. The first kappa shape index (κ1) is 13.9. The van der Waals surface area contributed by atoms with Crippen LogP contribution in [0.2, 0.25) is 0 Å². The fourth-order valence-corrected chi connectivity index (χ4v) is 2.32. The van der Waals surface area contributed by atoms with Crippen LogP contribution in [0.4, 0.5) is 4.39 Å². The molecule has 1 heterocycles. The van der Waals surface area contributed by atoms with Gasteiger partial charge in [-0.3, -0.25) is 10.2 Å². The van der Waals surface area contributed by atoms with Gasteiger partial charge < -0.3 is 4.74 Å². The number of hydrazine groups is 1. The summed E-state index contributed by atoms with van der Waals surface area (Å²) in [5, 5.41) is 1.89. The van der Waals surface area contributed by atoms with Crippen molar-refractivity contribution in [1.29, 1.82) is 0 Å². The Morgan fingerprint density at radius 1 is 1.58 bits per heavy atom. The SMILES string of the molecule is NNC(=O)c1nc(COc2ccc(Br)cc2F)cs1. The van der Waals surface area contributed by atoms with Crippen LogP contribution in [-0.4, -0.2) is 10.9 Å². The van der Waals surface area contributed by atoms with Crippen LogP contribution in [0.5, 0.6) is 5.75 Å². The summed E-state index contributed by atoms with van der Waals surface area (Å²) in [7, 11) is 0. The molecule has 8 heteroatoms. The van der Waals surface area contributed by atoms with E-state index < -0.39 is 11.7 Å². The van der Waals surface area contributed by atoms with Crippen molar-refractivity contribution in [2.75, 3.05) is 0 Å². The summed E-state index contributed by atoms with van der Waals surface area (Å²) in [6.07, 6.45) is 0. The predicted octanol–water partition coefficient (Wildman–Crippen LogP) is 2.23. The number of rotatable bonds is 4. The number of carbonyl (C=O) groups is 1. The molecule has 5 nitrogen and oxygen atoms in total. The molecule has 0 unspecified atom stereocenters. The molecule has 19 heavy (non-hydrogen) atoms. The van der Waals surface area contributed by atoms with Crippen LogP contribution in [0.25, 0.3) is 0 Å². The van der Waals surface area contributed by atoms with Gasteiger partial charge in [0.15, 0.2) is 16.6 Å². The van der Waals surface area contributed by atoms with Crippen molar-refractivity contribution in [3.8, 4) is 5.75 Å². The molecular formula is C11H9BrFN3O2S. The van der Waals surface area contributed by atoms with E-state index in [-0.39, 0.29) is 17.4 Å². The molecule has 0 spiro atoms. The summed E-state index contributed by atoms with van der Waals surface area (Å²) >= 11 is 4.30. The second-order valence-electron chi connectivity index (χ2n) is 3.48. The molecule has 1 amide bonds. The number of thiazole rings is 1. The Morgan fingerprint density at radius 2 is 2.37 bits per heavy atom. The van der Waals surface area contributed by atoms with Gasteiger partial charge in [0.2, 0.25) is 0 Å². The Kier molecular flexibility index (Phi) is 4.46. The van der Waals surface area contributed by atoms with Crippen molar-refractivity contribution >= 4 is 33.2 Å². The van der Waals surface area contributed by atoms with Gasteiger partial charge in [0.1, 0.15) is 6.61 Å². The Morgan fingerprint density at radius 3 is 3.05 bits per heavy atom. The monoisotopic (exact) mass is 345 g/mol. The van der Waals surface area contributed by atoms with E-state index in [1.807, 2.05) is 5.43 Å². The highest BCUT2D eigenvalue weighted by molar-refractivity contribution is 9.10. The van der Waals surface area contributed by atoms with Gasteiger partial charge in [-0.15, -0.1) is 11.3 Å². The highest BCUT2D eigenvalue weighted by Crippen LogP contribution is 2.22. The van der Waals surface area contributed by atoms with Crippen molar-refractivity contribution in [3.63, 3.8) is 0 Å². The molecule has 0 atom stereocenters. The van der Waals surface area contributed by atoms with Gasteiger partial charge in [0.05, 0.1) is 5.69 Å². The zero-order valence-corrected chi connectivity index (χ0v) is 11.9. The fraction of sp³-hybridized carbons (Fsp3) is 0.0909. The minimum absolute atomic E-state index is 0.0763. The number of ether oxygens (including phenoxy) is 1. The smallest absolute Gasteiger partial charge is 0.294 e. The third-order valence-corrected chi connectivity index (χ3v) is 3.53. The van der Waals surface area contributed by atoms with Crippen molar-refractivity contribution in [2.45, 2.75) is 6.61 Å². The van der Waals surface area contributed by atoms with E-state index in [0.29, 0.717) is 10.2 Å². The van der Waals surface area contributed by atoms with E-state index in [4.69, 9.17) is 10.6 Å².